The molecule has 5 rings (SSSR count). The first-order valence-electron chi connectivity index (χ1n) is 10.9. The van der Waals surface area contributed by atoms with Gasteiger partial charge in [0.1, 0.15) is 5.82 Å². The largest absolute Gasteiger partial charge is 0.454 e. The monoisotopic (exact) mass is 453 g/mol. The number of hydrogen-bond acceptors (Lipinski definition) is 7. The van der Waals surface area contributed by atoms with Crippen molar-refractivity contribution in [1.82, 2.24) is 9.88 Å². The molecule has 2 aromatic heterocycles. The number of pyridine rings is 1. The van der Waals surface area contributed by atoms with Gasteiger partial charge in [-0.3, -0.25) is 4.79 Å². The van der Waals surface area contributed by atoms with Gasteiger partial charge in [-0.05, 0) is 36.4 Å². The van der Waals surface area contributed by atoms with Crippen LogP contribution < -0.4 is 14.4 Å². The first kappa shape index (κ1) is 21.0. The Balaban J connectivity index is 1.47. The molecule has 0 N–H and O–H groups in total. The van der Waals surface area contributed by atoms with Crippen LogP contribution in [0.1, 0.15) is 23.3 Å². The lowest BCUT2D eigenvalue weighted by atomic mass is 10.1. The van der Waals surface area contributed by atoms with Gasteiger partial charge in [-0.2, -0.15) is 0 Å². The summed E-state index contributed by atoms with van der Waals surface area (Å²) in [7, 11) is 3.95. The van der Waals surface area contributed by atoms with E-state index in [1.165, 1.54) is 0 Å². The normalized spacial score (nSPS) is 17.1. The van der Waals surface area contributed by atoms with E-state index >= 15 is 0 Å². The Morgan fingerprint density at radius 3 is 2.78 bits per heavy atom. The highest BCUT2D eigenvalue weighted by atomic mass is 32.1. The Bertz CT molecular complexity index is 1110. The van der Waals surface area contributed by atoms with Gasteiger partial charge in [0.25, 0.3) is 0 Å². The minimum atomic E-state index is 0.0901. The zero-order valence-electron chi connectivity index (χ0n) is 18.4. The molecule has 1 aromatic carbocycles. The first-order valence-corrected chi connectivity index (χ1v) is 11.8. The average Bonchev–Trinajstić information content (AvgIpc) is 3.54. The highest BCUT2D eigenvalue weighted by Gasteiger charge is 2.25. The molecule has 1 amide bonds. The van der Waals surface area contributed by atoms with Crippen molar-refractivity contribution in [2.24, 2.45) is 0 Å². The van der Waals surface area contributed by atoms with Crippen molar-refractivity contribution in [3.63, 3.8) is 0 Å². The topological polar surface area (TPSA) is 64.1 Å². The summed E-state index contributed by atoms with van der Waals surface area (Å²) in [4.78, 5) is 23.2. The fourth-order valence-electron chi connectivity index (χ4n) is 4.27. The van der Waals surface area contributed by atoms with Crippen molar-refractivity contribution in [3.05, 3.63) is 46.2 Å². The van der Waals surface area contributed by atoms with Crippen LogP contribution in [0.5, 0.6) is 11.5 Å². The first-order chi connectivity index (χ1) is 15.6. The Morgan fingerprint density at radius 1 is 1.22 bits per heavy atom. The van der Waals surface area contributed by atoms with Crippen molar-refractivity contribution in [2.45, 2.75) is 31.9 Å². The standard InChI is InChI=1S/C24H27N3O4S/c1-26(2)24-17(9-16-10-21-22(31-15-30-21)12-20(16)25-24)13-27(14-18-5-3-7-29-18)23(28)11-19-6-4-8-32-19/h4,6,8-10,12,18H,3,5,7,11,13-15H2,1-2H3. The number of anilines is 1. The number of hydrogen-bond donors (Lipinski definition) is 0. The number of rotatable bonds is 7. The van der Waals surface area contributed by atoms with E-state index in [1.54, 1.807) is 11.3 Å². The number of carbonyl (C=O) groups excluding carboxylic acids is 1. The second kappa shape index (κ2) is 8.96. The molecular formula is C24H27N3O4S. The summed E-state index contributed by atoms with van der Waals surface area (Å²) in [5.74, 6) is 2.40. The maximum Gasteiger partial charge on any atom is 0.231 e. The minimum absolute atomic E-state index is 0.0901. The van der Waals surface area contributed by atoms with Crippen molar-refractivity contribution in [2.75, 3.05) is 38.9 Å². The molecule has 1 unspecified atom stereocenters. The summed E-state index contributed by atoms with van der Waals surface area (Å²) < 4.78 is 16.9. The van der Waals surface area contributed by atoms with E-state index in [1.807, 2.05) is 53.5 Å². The molecule has 1 fully saturated rings. The zero-order valence-corrected chi connectivity index (χ0v) is 19.2. The van der Waals surface area contributed by atoms with E-state index < -0.39 is 0 Å². The van der Waals surface area contributed by atoms with E-state index in [9.17, 15) is 4.79 Å². The van der Waals surface area contributed by atoms with E-state index in [4.69, 9.17) is 19.2 Å². The maximum atomic E-state index is 13.3. The van der Waals surface area contributed by atoms with Crippen molar-refractivity contribution >= 4 is 34.0 Å². The van der Waals surface area contributed by atoms with Gasteiger partial charge in [0.05, 0.1) is 18.0 Å². The van der Waals surface area contributed by atoms with Gasteiger partial charge in [0.15, 0.2) is 11.5 Å². The molecule has 1 saturated heterocycles. The number of aromatic nitrogens is 1. The fraction of sp³-hybridized carbons (Fsp3) is 0.417. The number of amides is 1. The van der Waals surface area contributed by atoms with Crippen LogP contribution in [0.25, 0.3) is 10.9 Å². The molecule has 0 saturated carbocycles. The van der Waals surface area contributed by atoms with Gasteiger partial charge < -0.3 is 24.0 Å². The second-order valence-electron chi connectivity index (χ2n) is 8.43. The Hall–Kier alpha value is -2.84. The molecular weight excluding hydrogens is 426 g/mol. The molecule has 2 aliphatic heterocycles. The van der Waals surface area contributed by atoms with Crippen LogP contribution in [-0.4, -0.2) is 55.9 Å². The number of benzene rings is 1. The van der Waals surface area contributed by atoms with Crippen LogP contribution in [0, 0.1) is 0 Å². The van der Waals surface area contributed by atoms with Crippen LogP contribution in [-0.2, 0) is 22.5 Å². The summed E-state index contributed by atoms with van der Waals surface area (Å²) in [6.07, 6.45) is 2.53. The molecule has 0 spiro atoms. The van der Waals surface area contributed by atoms with Gasteiger partial charge in [-0.25, -0.2) is 4.98 Å². The van der Waals surface area contributed by atoms with Gasteiger partial charge in [0, 0.05) is 55.7 Å². The molecule has 0 aliphatic carbocycles. The molecule has 4 heterocycles. The van der Waals surface area contributed by atoms with Crippen LogP contribution in [0.4, 0.5) is 5.82 Å². The number of carbonyl (C=O) groups is 1. The smallest absolute Gasteiger partial charge is 0.231 e. The third kappa shape index (κ3) is 4.38. The minimum Gasteiger partial charge on any atom is -0.454 e. The molecule has 0 bridgehead atoms. The summed E-state index contributed by atoms with van der Waals surface area (Å²) in [6.45, 7) is 2.07. The molecule has 168 valence electrons. The van der Waals surface area contributed by atoms with E-state index in [-0.39, 0.29) is 18.8 Å². The third-order valence-electron chi connectivity index (χ3n) is 5.86. The van der Waals surface area contributed by atoms with Crippen LogP contribution in [0.15, 0.2) is 35.7 Å². The highest BCUT2D eigenvalue weighted by Crippen LogP contribution is 2.37. The number of nitrogens with zero attached hydrogens (tertiary/aromatic N) is 3. The quantitative estimate of drug-likeness (QED) is 0.542. The van der Waals surface area contributed by atoms with Crippen LogP contribution >= 0.6 is 11.3 Å². The predicted molar refractivity (Wildman–Crippen MR) is 125 cm³/mol. The summed E-state index contributed by atoms with van der Waals surface area (Å²) in [5.41, 5.74) is 1.84. The second-order valence-corrected chi connectivity index (χ2v) is 9.46. The number of thiophene rings is 1. The molecule has 7 nitrogen and oxygen atoms in total. The van der Waals surface area contributed by atoms with Gasteiger partial charge in [-0.1, -0.05) is 6.07 Å². The molecule has 1 atom stereocenters. The van der Waals surface area contributed by atoms with Gasteiger partial charge in [-0.15, -0.1) is 11.3 Å². The summed E-state index contributed by atoms with van der Waals surface area (Å²) in [5, 5.41) is 2.98. The predicted octanol–water partition coefficient (Wildman–Crippen LogP) is 3.84. The Kier molecular flexibility index (Phi) is 5.89. The number of ether oxygens (including phenoxy) is 3. The molecule has 32 heavy (non-hydrogen) atoms. The van der Waals surface area contributed by atoms with Crippen LogP contribution in [0.3, 0.4) is 0 Å². The molecule has 8 heteroatoms. The molecule has 3 aromatic rings. The summed E-state index contributed by atoms with van der Waals surface area (Å²) >= 11 is 1.61. The lowest BCUT2D eigenvalue weighted by Crippen LogP contribution is -2.38. The van der Waals surface area contributed by atoms with Gasteiger partial charge >= 0.3 is 0 Å². The van der Waals surface area contributed by atoms with Crippen molar-refractivity contribution in [3.8, 4) is 11.5 Å². The average molecular weight is 454 g/mol. The third-order valence-corrected chi connectivity index (χ3v) is 6.73. The Labute approximate surface area is 191 Å². The number of fused-ring (bicyclic) bond motifs is 2. The van der Waals surface area contributed by atoms with Crippen LogP contribution in [0.2, 0.25) is 0 Å². The van der Waals surface area contributed by atoms with Crippen molar-refractivity contribution < 1.29 is 19.0 Å². The van der Waals surface area contributed by atoms with Gasteiger partial charge in [0.2, 0.25) is 12.7 Å². The Morgan fingerprint density at radius 2 is 2.06 bits per heavy atom. The molecule has 0 radical (unpaired) electrons. The van der Waals surface area contributed by atoms with E-state index in [0.717, 1.165) is 52.4 Å². The van der Waals surface area contributed by atoms with Crippen molar-refractivity contribution in [1.29, 1.82) is 0 Å². The summed E-state index contributed by atoms with van der Waals surface area (Å²) in [6, 6.07) is 9.99. The lowest BCUT2D eigenvalue weighted by Gasteiger charge is -2.27. The SMILES string of the molecule is CN(C)c1nc2cc3c(cc2cc1CN(CC1CCCO1)C(=O)Cc1cccs1)OCO3. The maximum absolute atomic E-state index is 13.3. The van der Waals surface area contributed by atoms with E-state index in [0.29, 0.717) is 25.3 Å². The van der Waals surface area contributed by atoms with E-state index in [2.05, 4.69) is 6.07 Å². The zero-order chi connectivity index (χ0) is 22.1. The fourth-order valence-corrected chi connectivity index (χ4v) is 4.97. The molecule has 2 aliphatic rings. The highest BCUT2D eigenvalue weighted by molar-refractivity contribution is 7.10. The lowest BCUT2D eigenvalue weighted by molar-refractivity contribution is -0.132.